The number of anilines is 1. The van der Waals surface area contributed by atoms with Gasteiger partial charge in [-0.25, -0.2) is 4.79 Å². The van der Waals surface area contributed by atoms with Crippen LogP contribution < -0.4 is 10.1 Å². The lowest BCUT2D eigenvalue weighted by atomic mass is 10.0. The predicted molar refractivity (Wildman–Crippen MR) is 99.0 cm³/mol. The first-order valence-electron chi connectivity index (χ1n) is 8.53. The molecule has 2 amide bonds. The van der Waals surface area contributed by atoms with E-state index in [0.29, 0.717) is 0 Å². The first kappa shape index (κ1) is 15.6. The molecule has 4 rings (SSSR count). The van der Waals surface area contributed by atoms with Crippen molar-refractivity contribution in [1.82, 2.24) is 9.88 Å². The van der Waals surface area contributed by atoms with Gasteiger partial charge in [0.1, 0.15) is 5.75 Å². The lowest BCUT2D eigenvalue weighted by molar-refractivity contribution is 0.207. The van der Waals surface area contributed by atoms with Crippen molar-refractivity contribution in [3.05, 3.63) is 60.3 Å². The molecule has 2 aromatic carbocycles. The molecule has 0 bridgehead atoms. The minimum Gasteiger partial charge on any atom is -0.497 e. The summed E-state index contributed by atoms with van der Waals surface area (Å²) < 4.78 is 5.32. The Kier molecular flexibility index (Phi) is 4.06. The number of nitrogens with one attached hydrogen (secondary N) is 2. The lowest BCUT2D eigenvalue weighted by Crippen LogP contribution is -2.34. The third kappa shape index (κ3) is 3.05. The summed E-state index contributed by atoms with van der Waals surface area (Å²) in [6, 6.07) is 15.9. The second-order valence-electron chi connectivity index (χ2n) is 6.34. The van der Waals surface area contributed by atoms with Crippen LogP contribution in [-0.2, 0) is 0 Å². The summed E-state index contributed by atoms with van der Waals surface area (Å²) in [7, 11) is 1.66. The van der Waals surface area contributed by atoms with E-state index < -0.39 is 0 Å². The molecule has 5 heteroatoms. The van der Waals surface area contributed by atoms with E-state index in [4.69, 9.17) is 4.74 Å². The minimum atomic E-state index is -0.0554. The van der Waals surface area contributed by atoms with E-state index in [-0.39, 0.29) is 12.1 Å². The van der Waals surface area contributed by atoms with Gasteiger partial charge in [-0.2, -0.15) is 0 Å². The van der Waals surface area contributed by atoms with Gasteiger partial charge in [0.2, 0.25) is 0 Å². The van der Waals surface area contributed by atoms with Gasteiger partial charge < -0.3 is 19.9 Å². The molecule has 1 aliphatic rings. The summed E-state index contributed by atoms with van der Waals surface area (Å²) in [6.45, 7) is 0.764. The number of aromatic amines is 1. The number of rotatable bonds is 3. The zero-order chi connectivity index (χ0) is 17.2. The number of carbonyl (C=O) groups is 1. The molecule has 5 nitrogen and oxygen atoms in total. The molecule has 1 aliphatic heterocycles. The second-order valence-corrected chi connectivity index (χ2v) is 6.34. The zero-order valence-corrected chi connectivity index (χ0v) is 14.2. The average molecular weight is 335 g/mol. The Morgan fingerprint density at radius 2 is 2.16 bits per heavy atom. The van der Waals surface area contributed by atoms with Crippen molar-refractivity contribution < 1.29 is 9.53 Å². The summed E-state index contributed by atoms with van der Waals surface area (Å²) in [5.41, 5.74) is 3.00. The molecule has 0 radical (unpaired) electrons. The van der Waals surface area contributed by atoms with Gasteiger partial charge >= 0.3 is 6.03 Å². The molecule has 128 valence electrons. The third-order valence-electron chi connectivity index (χ3n) is 4.80. The van der Waals surface area contributed by atoms with E-state index in [1.54, 1.807) is 7.11 Å². The summed E-state index contributed by atoms with van der Waals surface area (Å²) in [4.78, 5) is 17.9. The molecule has 1 atom stereocenters. The number of benzene rings is 2. The largest absolute Gasteiger partial charge is 0.497 e. The Bertz CT molecular complexity index is 903. The molecular weight excluding hydrogens is 314 g/mol. The lowest BCUT2D eigenvalue weighted by Gasteiger charge is -2.25. The van der Waals surface area contributed by atoms with Gasteiger partial charge in [0.05, 0.1) is 13.2 Å². The van der Waals surface area contributed by atoms with Gasteiger partial charge in [-0.3, -0.25) is 0 Å². The summed E-state index contributed by atoms with van der Waals surface area (Å²) in [5, 5.41) is 4.12. The zero-order valence-electron chi connectivity index (χ0n) is 14.2. The molecule has 2 heterocycles. The standard InChI is InChI=1S/C20H21N3O2/c1-25-17-5-2-4-15(13-17)19-6-3-11-23(19)20(24)22-16-7-8-18-14(12-16)9-10-21-18/h2,4-5,7-10,12-13,19,21H,3,6,11H2,1H3,(H,22,24)/t19-/m0/s1. The topological polar surface area (TPSA) is 57.4 Å². The Balaban J connectivity index is 1.53. The summed E-state index contributed by atoms with van der Waals surface area (Å²) >= 11 is 0. The molecule has 0 spiro atoms. The van der Waals surface area contributed by atoms with Gasteiger partial charge in [0.25, 0.3) is 0 Å². The highest BCUT2D eigenvalue weighted by Crippen LogP contribution is 2.34. The normalized spacial score (nSPS) is 17.0. The highest BCUT2D eigenvalue weighted by atomic mass is 16.5. The van der Waals surface area contributed by atoms with Crippen LogP contribution in [-0.4, -0.2) is 29.6 Å². The van der Waals surface area contributed by atoms with Crippen molar-refractivity contribution in [2.75, 3.05) is 19.0 Å². The smallest absolute Gasteiger partial charge is 0.322 e. The van der Waals surface area contributed by atoms with Crippen LogP contribution in [0.3, 0.4) is 0 Å². The fourth-order valence-corrected chi connectivity index (χ4v) is 3.53. The summed E-state index contributed by atoms with van der Waals surface area (Å²) in [5.74, 6) is 0.822. The second kappa shape index (κ2) is 6.51. The molecule has 2 N–H and O–H groups in total. The Labute approximate surface area is 146 Å². The SMILES string of the molecule is COc1cccc([C@@H]2CCCN2C(=O)Nc2ccc3[nH]ccc3c2)c1. The van der Waals surface area contributed by atoms with Crippen LogP contribution >= 0.6 is 0 Å². The molecule has 0 aliphatic carbocycles. The number of ether oxygens (including phenoxy) is 1. The first-order chi connectivity index (χ1) is 12.2. The van der Waals surface area contributed by atoms with E-state index in [9.17, 15) is 4.79 Å². The molecule has 1 aromatic heterocycles. The van der Waals surface area contributed by atoms with E-state index in [1.807, 2.05) is 53.6 Å². The Morgan fingerprint density at radius 1 is 1.24 bits per heavy atom. The van der Waals surface area contributed by atoms with Crippen LogP contribution in [0.4, 0.5) is 10.5 Å². The number of amides is 2. The number of methoxy groups -OCH3 is 1. The first-order valence-corrected chi connectivity index (χ1v) is 8.53. The summed E-state index contributed by atoms with van der Waals surface area (Å²) in [6.07, 6.45) is 3.87. The van der Waals surface area contributed by atoms with Crippen LogP contribution in [0.1, 0.15) is 24.4 Å². The number of H-pyrrole nitrogens is 1. The predicted octanol–water partition coefficient (Wildman–Crippen LogP) is 4.55. The number of fused-ring (bicyclic) bond motifs is 1. The maximum atomic E-state index is 12.8. The van der Waals surface area contributed by atoms with E-state index >= 15 is 0 Å². The molecule has 3 aromatic rings. The number of hydrogen-bond donors (Lipinski definition) is 2. The fraction of sp³-hybridized carbons (Fsp3) is 0.250. The fourth-order valence-electron chi connectivity index (χ4n) is 3.53. The average Bonchev–Trinajstić information content (AvgIpc) is 3.30. The third-order valence-corrected chi connectivity index (χ3v) is 4.80. The molecule has 25 heavy (non-hydrogen) atoms. The maximum Gasteiger partial charge on any atom is 0.322 e. The van der Waals surface area contributed by atoms with Crippen LogP contribution in [0.25, 0.3) is 10.9 Å². The van der Waals surface area contributed by atoms with Crippen molar-refractivity contribution in [1.29, 1.82) is 0 Å². The van der Waals surface area contributed by atoms with Crippen molar-refractivity contribution in [2.24, 2.45) is 0 Å². The highest BCUT2D eigenvalue weighted by molar-refractivity contribution is 5.93. The van der Waals surface area contributed by atoms with Gasteiger partial charge in [0.15, 0.2) is 0 Å². The number of nitrogens with zero attached hydrogens (tertiary/aromatic N) is 1. The van der Waals surface area contributed by atoms with E-state index in [2.05, 4.69) is 16.4 Å². The number of aromatic nitrogens is 1. The number of hydrogen-bond acceptors (Lipinski definition) is 2. The van der Waals surface area contributed by atoms with E-state index in [0.717, 1.165) is 47.3 Å². The molecule has 1 fully saturated rings. The molecule has 1 saturated heterocycles. The van der Waals surface area contributed by atoms with Gasteiger partial charge in [-0.15, -0.1) is 0 Å². The molecule has 0 saturated carbocycles. The molecule has 0 unspecified atom stereocenters. The number of carbonyl (C=O) groups excluding carboxylic acids is 1. The van der Waals surface area contributed by atoms with Crippen molar-refractivity contribution in [3.63, 3.8) is 0 Å². The van der Waals surface area contributed by atoms with Crippen LogP contribution in [0.5, 0.6) is 5.75 Å². The Hall–Kier alpha value is -2.95. The maximum absolute atomic E-state index is 12.8. The molecular formula is C20H21N3O2. The Morgan fingerprint density at radius 3 is 3.04 bits per heavy atom. The minimum absolute atomic E-state index is 0.0554. The number of likely N-dealkylation sites (tertiary alicyclic amines) is 1. The monoisotopic (exact) mass is 335 g/mol. The van der Waals surface area contributed by atoms with Gasteiger partial charge in [-0.05, 0) is 54.8 Å². The van der Waals surface area contributed by atoms with Gasteiger partial charge in [-0.1, -0.05) is 12.1 Å². The van der Waals surface area contributed by atoms with E-state index in [1.165, 1.54) is 0 Å². The highest BCUT2D eigenvalue weighted by Gasteiger charge is 2.30. The van der Waals surface area contributed by atoms with Crippen LogP contribution in [0.2, 0.25) is 0 Å². The van der Waals surface area contributed by atoms with Crippen molar-refractivity contribution in [2.45, 2.75) is 18.9 Å². The van der Waals surface area contributed by atoms with Crippen molar-refractivity contribution in [3.8, 4) is 5.75 Å². The van der Waals surface area contributed by atoms with Crippen LogP contribution in [0, 0.1) is 0 Å². The van der Waals surface area contributed by atoms with Gasteiger partial charge in [0, 0.05) is 29.3 Å². The van der Waals surface area contributed by atoms with Crippen LogP contribution in [0.15, 0.2) is 54.7 Å². The quantitative estimate of drug-likeness (QED) is 0.738. The number of urea groups is 1. The van der Waals surface area contributed by atoms with Crippen molar-refractivity contribution >= 4 is 22.6 Å².